The minimum absolute atomic E-state index is 0.330. The van der Waals surface area contributed by atoms with Gasteiger partial charge in [-0.1, -0.05) is 25.1 Å². The number of para-hydroxylation sites is 1. The third-order valence-corrected chi connectivity index (χ3v) is 5.17. The summed E-state index contributed by atoms with van der Waals surface area (Å²) in [5.41, 5.74) is 2.84. The Bertz CT molecular complexity index is 471. The lowest BCUT2D eigenvalue weighted by atomic mass is 10.1. The van der Waals surface area contributed by atoms with Gasteiger partial charge < -0.3 is 14.9 Å². The first kappa shape index (κ1) is 15.8. The molecule has 1 N–H and O–H groups in total. The Kier molecular flexibility index (Phi) is 5.34. The van der Waals surface area contributed by atoms with Gasteiger partial charge in [0.15, 0.2) is 0 Å². The summed E-state index contributed by atoms with van der Waals surface area (Å²) in [6.45, 7) is 11.5. The van der Waals surface area contributed by atoms with Crippen LogP contribution in [0.1, 0.15) is 18.9 Å². The first-order valence-corrected chi connectivity index (χ1v) is 8.68. The molecule has 0 amide bonds. The van der Waals surface area contributed by atoms with Crippen LogP contribution in [0, 0.1) is 5.92 Å². The molecular formula is C18H29N3O. The smallest absolute Gasteiger partial charge is 0.0471 e. The molecular weight excluding hydrogens is 274 g/mol. The predicted molar refractivity (Wildman–Crippen MR) is 91.2 cm³/mol. The number of likely N-dealkylation sites (tertiary alicyclic amines) is 1. The average Bonchev–Trinajstić information content (AvgIpc) is 3.03. The molecule has 0 spiro atoms. The van der Waals surface area contributed by atoms with Crippen LogP contribution in [0.4, 0.5) is 5.69 Å². The van der Waals surface area contributed by atoms with Crippen molar-refractivity contribution >= 4 is 5.69 Å². The fraction of sp³-hybridized carbons (Fsp3) is 0.667. The molecule has 122 valence electrons. The van der Waals surface area contributed by atoms with E-state index in [9.17, 15) is 5.11 Å². The Morgan fingerprint density at radius 3 is 2.50 bits per heavy atom. The van der Waals surface area contributed by atoms with Gasteiger partial charge in [-0.15, -0.1) is 0 Å². The van der Waals surface area contributed by atoms with Gasteiger partial charge in [0.1, 0.15) is 0 Å². The lowest BCUT2D eigenvalue weighted by molar-refractivity contribution is 0.220. The molecule has 4 nitrogen and oxygen atoms in total. The van der Waals surface area contributed by atoms with Crippen molar-refractivity contribution in [2.24, 2.45) is 5.92 Å². The summed E-state index contributed by atoms with van der Waals surface area (Å²) >= 11 is 0. The van der Waals surface area contributed by atoms with Gasteiger partial charge in [0, 0.05) is 51.6 Å². The highest BCUT2D eigenvalue weighted by Gasteiger charge is 2.23. The van der Waals surface area contributed by atoms with Gasteiger partial charge in [-0.05, 0) is 37.1 Å². The second-order valence-electron chi connectivity index (χ2n) is 6.62. The monoisotopic (exact) mass is 303 g/mol. The standard InChI is InChI=1S/C18H29N3O/c1-2-19-9-11-21(12-10-19)18-6-4-3-5-17(18)14-20-8-7-16(13-20)15-22/h3-6,16,22H,2,7-15H2,1H3. The SMILES string of the molecule is CCN1CCN(c2ccccc2CN2CCC(CO)C2)CC1. The van der Waals surface area contributed by atoms with Crippen LogP contribution in [0.5, 0.6) is 0 Å². The van der Waals surface area contributed by atoms with Gasteiger partial charge >= 0.3 is 0 Å². The summed E-state index contributed by atoms with van der Waals surface area (Å²) in [4.78, 5) is 7.55. The van der Waals surface area contributed by atoms with Crippen LogP contribution >= 0.6 is 0 Å². The Morgan fingerprint density at radius 2 is 1.82 bits per heavy atom. The number of hydrogen-bond acceptors (Lipinski definition) is 4. The van der Waals surface area contributed by atoms with Crippen molar-refractivity contribution in [3.05, 3.63) is 29.8 Å². The zero-order valence-corrected chi connectivity index (χ0v) is 13.7. The van der Waals surface area contributed by atoms with Crippen LogP contribution in [0.25, 0.3) is 0 Å². The normalized spacial score (nSPS) is 24.1. The Hall–Kier alpha value is -1.10. The molecule has 0 bridgehead atoms. The number of piperazine rings is 1. The largest absolute Gasteiger partial charge is 0.396 e. The van der Waals surface area contributed by atoms with Crippen LogP contribution in [0.15, 0.2) is 24.3 Å². The molecule has 22 heavy (non-hydrogen) atoms. The van der Waals surface area contributed by atoms with Gasteiger partial charge in [0.2, 0.25) is 0 Å². The summed E-state index contributed by atoms with van der Waals surface area (Å²) in [5, 5.41) is 9.32. The van der Waals surface area contributed by atoms with Crippen molar-refractivity contribution in [3.8, 4) is 0 Å². The molecule has 1 aromatic carbocycles. The first-order chi connectivity index (χ1) is 10.8. The predicted octanol–water partition coefficient (Wildman–Crippen LogP) is 1.64. The van der Waals surface area contributed by atoms with Crippen molar-refractivity contribution in [2.45, 2.75) is 19.9 Å². The lowest BCUT2D eigenvalue weighted by Gasteiger charge is -2.36. The van der Waals surface area contributed by atoms with E-state index >= 15 is 0 Å². The Labute approximate surface area is 134 Å². The molecule has 0 aliphatic carbocycles. The van der Waals surface area contributed by atoms with E-state index in [-0.39, 0.29) is 0 Å². The molecule has 1 aromatic rings. The summed E-state index contributed by atoms with van der Waals surface area (Å²) in [6.07, 6.45) is 1.13. The topological polar surface area (TPSA) is 30.0 Å². The molecule has 0 aromatic heterocycles. The average molecular weight is 303 g/mol. The number of anilines is 1. The van der Waals surface area contributed by atoms with E-state index < -0.39 is 0 Å². The van der Waals surface area contributed by atoms with Crippen LogP contribution < -0.4 is 4.90 Å². The molecule has 0 saturated carbocycles. The van der Waals surface area contributed by atoms with Gasteiger partial charge in [0.05, 0.1) is 0 Å². The van der Waals surface area contributed by atoms with Crippen molar-refractivity contribution in [1.82, 2.24) is 9.80 Å². The Morgan fingerprint density at radius 1 is 1.05 bits per heavy atom. The van der Waals surface area contributed by atoms with E-state index in [2.05, 4.69) is 45.9 Å². The van der Waals surface area contributed by atoms with E-state index in [0.29, 0.717) is 12.5 Å². The summed E-state index contributed by atoms with van der Waals surface area (Å²) < 4.78 is 0. The summed E-state index contributed by atoms with van der Waals surface area (Å²) in [6, 6.07) is 8.86. The van der Waals surface area contributed by atoms with E-state index in [1.807, 2.05) is 0 Å². The number of likely N-dealkylation sites (N-methyl/N-ethyl adjacent to an activating group) is 1. The molecule has 2 saturated heterocycles. The van der Waals surface area contributed by atoms with Crippen LogP contribution in [0.2, 0.25) is 0 Å². The van der Waals surface area contributed by atoms with Crippen LogP contribution in [0.3, 0.4) is 0 Å². The minimum atomic E-state index is 0.330. The van der Waals surface area contributed by atoms with E-state index in [1.165, 1.54) is 24.3 Å². The van der Waals surface area contributed by atoms with E-state index in [4.69, 9.17) is 0 Å². The molecule has 3 rings (SSSR count). The highest BCUT2D eigenvalue weighted by Crippen LogP contribution is 2.25. The highest BCUT2D eigenvalue weighted by atomic mass is 16.3. The molecule has 2 fully saturated rings. The fourth-order valence-corrected chi connectivity index (χ4v) is 3.70. The second kappa shape index (κ2) is 7.44. The molecule has 2 heterocycles. The summed E-state index contributed by atoms with van der Waals surface area (Å²) in [5.74, 6) is 0.472. The van der Waals surface area contributed by atoms with Gasteiger partial charge in [0.25, 0.3) is 0 Å². The maximum absolute atomic E-state index is 9.32. The van der Waals surface area contributed by atoms with Crippen molar-refractivity contribution in [2.75, 3.05) is 57.3 Å². The molecule has 2 aliphatic rings. The number of aliphatic hydroxyl groups excluding tert-OH is 1. The third-order valence-electron chi connectivity index (χ3n) is 5.17. The fourth-order valence-electron chi connectivity index (χ4n) is 3.70. The maximum Gasteiger partial charge on any atom is 0.0471 e. The van der Waals surface area contributed by atoms with E-state index in [1.54, 1.807) is 0 Å². The first-order valence-electron chi connectivity index (χ1n) is 8.68. The Balaban J connectivity index is 1.65. The maximum atomic E-state index is 9.32. The van der Waals surface area contributed by atoms with Gasteiger partial charge in [-0.25, -0.2) is 0 Å². The minimum Gasteiger partial charge on any atom is -0.396 e. The van der Waals surface area contributed by atoms with Crippen molar-refractivity contribution in [1.29, 1.82) is 0 Å². The molecule has 2 aliphatic heterocycles. The number of nitrogens with zero attached hydrogens (tertiary/aromatic N) is 3. The van der Waals surface area contributed by atoms with Crippen molar-refractivity contribution in [3.63, 3.8) is 0 Å². The second-order valence-corrected chi connectivity index (χ2v) is 6.62. The quantitative estimate of drug-likeness (QED) is 0.896. The zero-order chi connectivity index (χ0) is 15.4. The lowest BCUT2D eigenvalue weighted by Crippen LogP contribution is -2.46. The number of aliphatic hydroxyl groups is 1. The molecule has 1 unspecified atom stereocenters. The summed E-state index contributed by atoms with van der Waals surface area (Å²) in [7, 11) is 0. The third kappa shape index (κ3) is 3.62. The molecule has 4 heteroatoms. The molecule has 0 radical (unpaired) electrons. The van der Waals surface area contributed by atoms with Crippen LogP contribution in [-0.2, 0) is 6.54 Å². The number of rotatable bonds is 5. The van der Waals surface area contributed by atoms with Crippen LogP contribution in [-0.4, -0.2) is 67.3 Å². The number of benzene rings is 1. The highest BCUT2D eigenvalue weighted by molar-refractivity contribution is 5.54. The van der Waals surface area contributed by atoms with E-state index in [0.717, 1.165) is 45.7 Å². The van der Waals surface area contributed by atoms with Crippen molar-refractivity contribution < 1.29 is 5.11 Å². The zero-order valence-electron chi connectivity index (χ0n) is 13.7. The van der Waals surface area contributed by atoms with Gasteiger partial charge in [-0.3, -0.25) is 4.90 Å². The molecule has 1 atom stereocenters. The number of hydrogen-bond donors (Lipinski definition) is 1. The van der Waals surface area contributed by atoms with Gasteiger partial charge in [-0.2, -0.15) is 0 Å².